The molecular formula is C31H51NO10. The van der Waals surface area contributed by atoms with Crippen LogP contribution in [0.2, 0.25) is 0 Å². The van der Waals surface area contributed by atoms with Crippen LogP contribution in [0.5, 0.6) is 0 Å². The topological polar surface area (TPSA) is 153 Å². The van der Waals surface area contributed by atoms with Crippen LogP contribution in [0.25, 0.3) is 0 Å². The number of rotatable bonds is 15. The monoisotopic (exact) mass is 597 g/mol. The third-order valence-corrected chi connectivity index (χ3v) is 8.70. The zero-order valence-electron chi connectivity index (χ0n) is 26.1. The minimum absolute atomic E-state index is 0.0462. The normalized spacial score (nSPS) is 32.1. The van der Waals surface area contributed by atoms with Gasteiger partial charge in [0, 0.05) is 58.0 Å². The Balaban J connectivity index is 2.07. The number of carbonyl (C=O) groups is 2. The Kier molecular flexibility index (Phi) is 13.8. The van der Waals surface area contributed by atoms with Gasteiger partial charge in [0.15, 0.2) is 12.3 Å². The third-order valence-electron chi connectivity index (χ3n) is 8.70. The van der Waals surface area contributed by atoms with Crippen LogP contribution in [0, 0.1) is 11.3 Å². The first-order valence-corrected chi connectivity index (χ1v) is 14.6. The van der Waals surface area contributed by atoms with Crippen molar-refractivity contribution in [1.29, 1.82) is 0 Å². The van der Waals surface area contributed by atoms with Crippen LogP contribution in [0.3, 0.4) is 0 Å². The Morgan fingerprint density at radius 3 is 2.45 bits per heavy atom. The number of amides is 1. The highest BCUT2D eigenvalue weighted by molar-refractivity contribution is 5.82. The van der Waals surface area contributed by atoms with E-state index in [9.17, 15) is 19.8 Å². The number of methoxy groups -OCH3 is 3. The van der Waals surface area contributed by atoms with Crippen LogP contribution in [0.1, 0.15) is 66.2 Å². The molecule has 42 heavy (non-hydrogen) atoms. The fraction of sp³-hybridized carbons (Fsp3) is 0.742. The molecule has 1 unspecified atom stereocenters. The smallest absolute Gasteiger partial charge is 0.328 e. The second-order valence-electron chi connectivity index (χ2n) is 11.9. The van der Waals surface area contributed by atoms with Gasteiger partial charge in [-0.1, -0.05) is 51.2 Å². The average molecular weight is 598 g/mol. The van der Waals surface area contributed by atoms with Gasteiger partial charge in [-0.05, 0) is 26.2 Å². The van der Waals surface area contributed by atoms with Gasteiger partial charge in [-0.15, -0.1) is 0 Å². The predicted molar refractivity (Wildman–Crippen MR) is 156 cm³/mol. The van der Waals surface area contributed by atoms with Crippen molar-refractivity contribution >= 4 is 11.9 Å². The Labute approximate surface area is 249 Å². The molecule has 2 fully saturated rings. The third kappa shape index (κ3) is 9.19. The Morgan fingerprint density at radius 1 is 1.19 bits per heavy atom. The van der Waals surface area contributed by atoms with Crippen LogP contribution >= 0.6 is 0 Å². The quantitative estimate of drug-likeness (QED) is 0.0728. The van der Waals surface area contributed by atoms with Crippen molar-refractivity contribution < 1.29 is 48.6 Å². The molecule has 2 rings (SSSR count). The van der Waals surface area contributed by atoms with Crippen LogP contribution < -0.4 is 5.32 Å². The summed E-state index contributed by atoms with van der Waals surface area (Å²) in [5, 5.41) is 33.3. The number of carboxylic acid groups (broad SMARTS) is 1. The highest BCUT2D eigenvalue weighted by atomic mass is 16.7. The summed E-state index contributed by atoms with van der Waals surface area (Å²) in [6.45, 7) is 11.9. The predicted octanol–water partition coefficient (Wildman–Crippen LogP) is 3.10. The number of ether oxygens (including phenoxy) is 5. The van der Waals surface area contributed by atoms with E-state index in [1.807, 2.05) is 33.8 Å². The van der Waals surface area contributed by atoms with Crippen LogP contribution in [0.4, 0.5) is 0 Å². The molecule has 4 N–H and O–H groups in total. The molecule has 0 saturated carbocycles. The molecule has 9 atom stereocenters. The zero-order valence-corrected chi connectivity index (χ0v) is 26.1. The lowest BCUT2D eigenvalue weighted by Gasteiger charge is -2.49. The molecule has 0 aromatic carbocycles. The minimum Gasteiger partial charge on any atom is -0.478 e. The second kappa shape index (κ2) is 16.1. The van der Waals surface area contributed by atoms with E-state index in [2.05, 4.69) is 11.9 Å². The lowest BCUT2D eigenvalue weighted by Crippen LogP contribution is -2.62. The molecule has 0 aliphatic carbocycles. The van der Waals surface area contributed by atoms with Crippen molar-refractivity contribution in [3.63, 3.8) is 0 Å². The van der Waals surface area contributed by atoms with Crippen molar-refractivity contribution in [3.05, 3.63) is 36.5 Å². The van der Waals surface area contributed by atoms with Gasteiger partial charge in [0.25, 0.3) is 5.91 Å². The van der Waals surface area contributed by atoms with Crippen LogP contribution in [0.15, 0.2) is 36.5 Å². The largest absolute Gasteiger partial charge is 0.478 e. The first-order chi connectivity index (χ1) is 19.7. The van der Waals surface area contributed by atoms with E-state index >= 15 is 0 Å². The number of allylic oxidation sites excluding steroid dienone is 3. The number of nitrogens with one attached hydrogen (secondary N) is 1. The van der Waals surface area contributed by atoms with Gasteiger partial charge in [-0.2, -0.15) is 0 Å². The maximum absolute atomic E-state index is 13.3. The molecule has 1 amide bonds. The molecule has 0 aromatic heterocycles. The maximum atomic E-state index is 13.3. The highest BCUT2D eigenvalue weighted by Gasteiger charge is 2.51. The lowest BCUT2D eigenvalue weighted by atomic mass is 9.73. The summed E-state index contributed by atoms with van der Waals surface area (Å²) in [6, 6.07) is 0. The van der Waals surface area contributed by atoms with Gasteiger partial charge in [-0.25, -0.2) is 4.79 Å². The molecule has 11 nitrogen and oxygen atoms in total. The Bertz CT molecular complexity index is 965. The van der Waals surface area contributed by atoms with Crippen molar-refractivity contribution in [3.8, 4) is 0 Å². The summed E-state index contributed by atoms with van der Waals surface area (Å²) < 4.78 is 29.5. The molecule has 2 saturated heterocycles. The molecule has 11 heteroatoms. The first-order valence-electron chi connectivity index (χ1n) is 14.6. The number of hydrogen-bond donors (Lipinski definition) is 4. The number of aliphatic hydroxyl groups is 2. The van der Waals surface area contributed by atoms with Gasteiger partial charge in [0.05, 0.1) is 24.4 Å². The van der Waals surface area contributed by atoms with Crippen LogP contribution in [-0.4, -0.2) is 97.2 Å². The highest BCUT2D eigenvalue weighted by Crippen LogP contribution is 2.42. The van der Waals surface area contributed by atoms with Gasteiger partial charge in [0.2, 0.25) is 5.79 Å². The fourth-order valence-electron chi connectivity index (χ4n) is 5.65. The summed E-state index contributed by atoms with van der Waals surface area (Å²) in [5.41, 5.74) is 0.373. The molecule has 0 radical (unpaired) electrons. The van der Waals surface area contributed by atoms with Crippen molar-refractivity contribution in [2.45, 2.75) is 115 Å². The Hall–Kier alpha value is -2.12. The number of hydrogen-bond acceptors (Lipinski definition) is 9. The van der Waals surface area contributed by atoms with E-state index in [-0.39, 0.29) is 24.5 Å². The maximum Gasteiger partial charge on any atom is 0.328 e. The molecular weight excluding hydrogens is 546 g/mol. The fourth-order valence-corrected chi connectivity index (χ4v) is 5.65. The van der Waals surface area contributed by atoms with Gasteiger partial charge >= 0.3 is 5.97 Å². The van der Waals surface area contributed by atoms with E-state index in [0.717, 1.165) is 11.6 Å². The number of carboxylic acids is 1. The number of unbranched alkanes of at least 4 members (excludes halogenated alkanes) is 1. The van der Waals surface area contributed by atoms with E-state index in [4.69, 9.17) is 28.8 Å². The van der Waals surface area contributed by atoms with Crippen molar-refractivity contribution in [2.75, 3.05) is 21.3 Å². The average Bonchev–Trinajstić information content (AvgIpc) is 2.94. The number of carbonyl (C=O) groups excluding carboxylic acids is 1. The van der Waals surface area contributed by atoms with E-state index in [0.29, 0.717) is 32.1 Å². The molecule has 240 valence electrons. The number of aliphatic carboxylic acids is 1. The van der Waals surface area contributed by atoms with E-state index < -0.39 is 53.7 Å². The molecule has 2 heterocycles. The van der Waals surface area contributed by atoms with Crippen LogP contribution in [-0.2, 0) is 33.3 Å². The van der Waals surface area contributed by atoms with Gasteiger partial charge in [-0.3, -0.25) is 4.79 Å². The van der Waals surface area contributed by atoms with Gasteiger partial charge < -0.3 is 44.3 Å². The second-order valence-corrected chi connectivity index (χ2v) is 11.9. The Morgan fingerprint density at radius 2 is 1.88 bits per heavy atom. The van der Waals surface area contributed by atoms with E-state index in [1.54, 1.807) is 13.2 Å². The van der Waals surface area contributed by atoms with Gasteiger partial charge in [0.1, 0.15) is 6.10 Å². The summed E-state index contributed by atoms with van der Waals surface area (Å²) in [6.07, 6.45) is 4.09. The molecule has 0 aromatic rings. The number of aliphatic hydroxyl groups excluding tert-OH is 2. The standard InChI is InChI=1S/C31H51NO10/c1-19-18-31(40-8,42-21(3)20(19)2)27(36)28(37)32-29(39-7)23-17-24(38-6)30(4,5)25(41-23)16-22(33)14-12-10-9-11-13-15-26(34)35/h9,11,13,15,20-25,27,29,33,36H,1,10,12,14,16-18H2,2-8H3,(H,32,37)(H,34,35)/b11-9+,15-13+/t20-,21-,22?,23+,24-,25-,27+,29+,31-/m1/s1. The van der Waals surface area contributed by atoms with Crippen molar-refractivity contribution in [1.82, 2.24) is 5.32 Å². The van der Waals surface area contributed by atoms with Crippen molar-refractivity contribution in [2.24, 2.45) is 11.3 Å². The van der Waals surface area contributed by atoms with E-state index in [1.165, 1.54) is 20.3 Å². The minimum atomic E-state index is -1.66. The molecule has 2 aliphatic rings. The summed E-state index contributed by atoms with van der Waals surface area (Å²) in [4.78, 5) is 23.8. The zero-order chi connectivity index (χ0) is 31.7. The lowest BCUT2D eigenvalue weighted by molar-refractivity contribution is -0.298. The summed E-state index contributed by atoms with van der Waals surface area (Å²) >= 11 is 0. The molecule has 0 bridgehead atoms. The molecule has 2 aliphatic heterocycles. The molecule has 0 spiro atoms. The SMILES string of the molecule is C=C1C[C@](OC)([C@@H](O)C(=O)N[C@@H](OC)[C@@H]2C[C@@H](OC)C(C)(C)[C@@H](CC(O)CCC/C=C/C=C/C(=O)O)O2)O[C@H](C)[C@@H]1C. The summed E-state index contributed by atoms with van der Waals surface area (Å²) in [7, 11) is 4.45. The summed E-state index contributed by atoms with van der Waals surface area (Å²) in [5.74, 6) is -3.27. The first kappa shape index (κ1) is 36.1.